The third-order valence-corrected chi connectivity index (χ3v) is 4.82. The Morgan fingerprint density at radius 1 is 1.37 bits per heavy atom. The number of benzene rings is 1. The second kappa shape index (κ2) is 6.66. The molecule has 0 saturated heterocycles. The minimum atomic E-state index is -3.68. The van der Waals surface area contributed by atoms with Gasteiger partial charge in [0.2, 0.25) is 10.0 Å². The summed E-state index contributed by atoms with van der Waals surface area (Å²) in [6.45, 7) is 4.16. The van der Waals surface area contributed by atoms with Gasteiger partial charge in [0.1, 0.15) is 6.07 Å². The van der Waals surface area contributed by atoms with Gasteiger partial charge in [-0.15, -0.1) is 0 Å². The van der Waals surface area contributed by atoms with Gasteiger partial charge in [0.05, 0.1) is 17.1 Å². The van der Waals surface area contributed by atoms with E-state index in [1.807, 2.05) is 6.07 Å². The summed E-state index contributed by atoms with van der Waals surface area (Å²) in [5.41, 5.74) is 0.158. The lowest BCUT2D eigenvalue weighted by molar-refractivity contribution is 0.171. The first-order valence-electron chi connectivity index (χ1n) is 5.95. The Bertz CT molecular complexity index is 561. The van der Waals surface area contributed by atoms with Crippen molar-refractivity contribution in [3.8, 4) is 6.07 Å². The van der Waals surface area contributed by atoms with Crippen molar-refractivity contribution < 1.29 is 13.2 Å². The van der Waals surface area contributed by atoms with Crippen molar-refractivity contribution in [2.75, 3.05) is 20.3 Å². The normalized spacial score (nSPS) is 11.8. The zero-order valence-electron chi connectivity index (χ0n) is 11.3. The first kappa shape index (κ1) is 15.6. The van der Waals surface area contributed by atoms with Crippen molar-refractivity contribution in [2.24, 2.45) is 0 Å². The Morgan fingerprint density at radius 2 is 2.00 bits per heavy atom. The van der Waals surface area contributed by atoms with E-state index in [1.54, 1.807) is 26.0 Å². The summed E-state index contributed by atoms with van der Waals surface area (Å²) in [5, 5.41) is 9.02. The van der Waals surface area contributed by atoms with Crippen molar-refractivity contribution in [3.63, 3.8) is 0 Å². The van der Waals surface area contributed by atoms with Crippen LogP contribution in [0.2, 0.25) is 0 Å². The third-order valence-electron chi connectivity index (χ3n) is 2.69. The molecule has 0 N–H and O–H groups in total. The minimum Gasteiger partial charge on any atom is -0.383 e. The predicted octanol–water partition coefficient (Wildman–Crippen LogP) is 1.60. The molecule has 1 aromatic carbocycles. The quantitative estimate of drug-likeness (QED) is 0.794. The Balaban J connectivity index is 3.24. The van der Waals surface area contributed by atoms with Gasteiger partial charge < -0.3 is 4.74 Å². The van der Waals surface area contributed by atoms with E-state index >= 15 is 0 Å². The molecule has 0 bridgehead atoms. The predicted molar refractivity (Wildman–Crippen MR) is 72.1 cm³/mol. The number of sulfonamides is 1. The molecule has 5 nitrogen and oxygen atoms in total. The summed E-state index contributed by atoms with van der Waals surface area (Å²) in [6, 6.07) is 7.93. The molecule has 1 aromatic rings. The minimum absolute atomic E-state index is 0.0438. The molecular weight excluding hydrogens is 264 g/mol. The molecule has 0 fully saturated rings. The largest absolute Gasteiger partial charge is 0.383 e. The number of nitrogens with zero attached hydrogens (tertiary/aromatic N) is 2. The molecule has 0 spiro atoms. The molecule has 0 radical (unpaired) electrons. The average molecular weight is 282 g/mol. The monoisotopic (exact) mass is 282 g/mol. The Hall–Kier alpha value is -1.42. The van der Waals surface area contributed by atoms with E-state index in [0.717, 1.165) is 0 Å². The zero-order valence-corrected chi connectivity index (χ0v) is 12.1. The molecule has 0 atom stereocenters. The summed E-state index contributed by atoms with van der Waals surface area (Å²) in [6.07, 6.45) is 0. The highest BCUT2D eigenvalue weighted by Gasteiger charge is 2.28. The number of rotatable bonds is 6. The van der Waals surface area contributed by atoms with Crippen LogP contribution < -0.4 is 0 Å². The highest BCUT2D eigenvalue weighted by atomic mass is 32.2. The van der Waals surface area contributed by atoms with Crippen LogP contribution in [0, 0.1) is 11.3 Å². The van der Waals surface area contributed by atoms with Crippen LogP contribution in [0.25, 0.3) is 0 Å². The van der Waals surface area contributed by atoms with Gasteiger partial charge in [0, 0.05) is 19.7 Å². The highest BCUT2D eigenvalue weighted by Crippen LogP contribution is 2.21. The van der Waals surface area contributed by atoms with E-state index in [1.165, 1.54) is 23.5 Å². The van der Waals surface area contributed by atoms with Gasteiger partial charge in [-0.3, -0.25) is 0 Å². The van der Waals surface area contributed by atoms with Gasteiger partial charge in [0.15, 0.2) is 0 Å². The van der Waals surface area contributed by atoms with E-state index in [0.29, 0.717) is 6.61 Å². The Morgan fingerprint density at radius 3 is 2.53 bits per heavy atom. The molecule has 0 saturated carbocycles. The lowest BCUT2D eigenvalue weighted by atomic mass is 10.2. The van der Waals surface area contributed by atoms with Crippen LogP contribution in [0.4, 0.5) is 0 Å². The molecule has 0 aromatic heterocycles. The first-order chi connectivity index (χ1) is 8.95. The molecule has 1 rings (SSSR count). The molecule has 0 unspecified atom stereocenters. The average Bonchev–Trinajstić information content (AvgIpc) is 2.38. The molecule has 0 aliphatic rings. The van der Waals surface area contributed by atoms with E-state index in [2.05, 4.69) is 0 Å². The molecule has 19 heavy (non-hydrogen) atoms. The summed E-state index contributed by atoms with van der Waals surface area (Å²) in [4.78, 5) is 0.0438. The number of hydrogen-bond donors (Lipinski definition) is 0. The Kier molecular flexibility index (Phi) is 5.48. The molecule has 0 aliphatic carbocycles. The van der Waals surface area contributed by atoms with Crippen molar-refractivity contribution in [3.05, 3.63) is 29.8 Å². The second-order valence-corrected chi connectivity index (χ2v) is 6.17. The lowest BCUT2D eigenvalue weighted by Gasteiger charge is -2.25. The van der Waals surface area contributed by atoms with Gasteiger partial charge in [-0.1, -0.05) is 12.1 Å². The fraction of sp³-hybridized carbons (Fsp3) is 0.462. The molecule has 0 aliphatic heterocycles. The summed E-state index contributed by atoms with van der Waals surface area (Å²) in [7, 11) is -2.16. The van der Waals surface area contributed by atoms with Gasteiger partial charge in [-0.05, 0) is 26.0 Å². The van der Waals surface area contributed by atoms with Crippen molar-refractivity contribution >= 4 is 10.0 Å². The number of ether oxygens (including phenoxy) is 1. The molecule has 104 valence electrons. The van der Waals surface area contributed by atoms with Crippen LogP contribution in [0.5, 0.6) is 0 Å². The van der Waals surface area contributed by atoms with Crippen molar-refractivity contribution in [1.82, 2.24) is 4.31 Å². The smallest absolute Gasteiger partial charge is 0.244 e. The molecular formula is C13H18N2O3S. The molecule has 0 amide bonds. The van der Waals surface area contributed by atoms with Gasteiger partial charge in [0.25, 0.3) is 0 Å². The molecule has 6 heteroatoms. The Labute approximate surface area is 114 Å². The highest BCUT2D eigenvalue weighted by molar-refractivity contribution is 7.89. The lowest BCUT2D eigenvalue weighted by Crippen LogP contribution is -2.39. The van der Waals surface area contributed by atoms with E-state index < -0.39 is 10.0 Å². The summed E-state index contributed by atoms with van der Waals surface area (Å²) < 4.78 is 31.4. The number of methoxy groups -OCH3 is 1. The maximum absolute atomic E-state index is 12.6. The maximum Gasteiger partial charge on any atom is 0.244 e. The topological polar surface area (TPSA) is 70.4 Å². The standard InChI is InChI=1S/C13H18N2O3S/c1-11(2)15(8-9-18-3)19(16,17)13-7-5-4-6-12(13)10-14/h4-7,11H,8-9H2,1-3H3. The van der Waals surface area contributed by atoms with Crippen LogP contribution >= 0.6 is 0 Å². The van der Waals surface area contributed by atoms with Gasteiger partial charge in [-0.2, -0.15) is 9.57 Å². The number of hydrogen-bond acceptors (Lipinski definition) is 4. The van der Waals surface area contributed by atoms with Crippen LogP contribution in [0.3, 0.4) is 0 Å². The zero-order chi connectivity index (χ0) is 14.5. The second-order valence-electron chi connectivity index (χ2n) is 4.31. The fourth-order valence-corrected chi connectivity index (χ4v) is 3.51. The SMILES string of the molecule is COCCN(C(C)C)S(=O)(=O)c1ccccc1C#N. The van der Waals surface area contributed by atoms with Gasteiger partial charge in [-0.25, -0.2) is 8.42 Å². The van der Waals surface area contributed by atoms with Crippen LogP contribution in [0.15, 0.2) is 29.2 Å². The van der Waals surface area contributed by atoms with Crippen LogP contribution in [-0.4, -0.2) is 39.0 Å². The van der Waals surface area contributed by atoms with Crippen molar-refractivity contribution in [2.45, 2.75) is 24.8 Å². The van der Waals surface area contributed by atoms with Crippen LogP contribution in [-0.2, 0) is 14.8 Å². The van der Waals surface area contributed by atoms with Crippen LogP contribution in [0.1, 0.15) is 19.4 Å². The maximum atomic E-state index is 12.6. The molecule has 0 heterocycles. The van der Waals surface area contributed by atoms with Gasteiger partial charge >= 0.3 is 0 Å². The van der Waals surface area contributed by atoms with E-state index in [4.69, 9.17) is 10.00 Å². The van der Waals surface area contributed by atoms with E-state index in [9.17, 15) is 8.42 Å². The summed E-state index contributed by atoms with van der Waals surface area (Å²) in [5.74, 6) is 0. The number of nitriles is 1. The first-order valence-corrected chi connectivity index (χ1v) is 7.39. The summed E-state index contributed by atoms with van der Waals surface area (Å²) >= 11 is 0. The third kappa shape index (κ3) is 3.53. The van der Waals surface area contributed by atoms with E-state index in [-0.39, 0.29) is 23.0 Å². The fourth-order valence-electron chi connectivity index (χ4n) is 1.75. The van der Waals surface area contributed by atoms with Crippen molar-refractivity contribution in [1.29, 1.82) is 5.26 Å².